The van der Waals surface area contributed by atoms with Crippen LogP contribution in [0.5, 0.6) is 0 Å². The topological polar surface area (TPSA) is 94.0 Å². The van der Waals surface area contributed by atoms with E-state index in [9.17, 15) is 18.0 Å². The molecule has 0 saturated carbocycles. The summed E-state index contributed by atoms with van der Waals surface area (Å²) in [5.74, 6) is -0.545. The SMILES string of the molecule is Cl.O=C(Nc1ccc(C2CNCCO2)cc1)c1ccn(-c2ncc(C(F)(F)F)cn2)n1. The lowest BCUT2D eigenvalue weighted by molar-refractivity contribution is -0.138. The summed E-state index contributed by atoms with van der Waals surface area (Å²) in [6.07, 6.45) is -1.83. The average Bonchev–Trinajstić information content (AvgIpc) is 3.25. The van der Waals surface area contributed by atoms with E-state index >= 15 is 0 Å². The maximum absolute atomic E-state index is 12.6. The third-order valence-electron chi connectivity index (χ3n) is 4.46. The Balaban J connectivity index is 0.00000272. The van der Waals surface area contributed by atoms with E-state index in [4.69, 9.17) is 4.74 Å². The van der Waals surface area contributed by atoms with Gasteiger partial charge in [-0.15, -0.1) is 12.4 Å². The Bertz CT molecular complexity index is 1020. The number of hydrogen-bond acceptors (Lipinski definition) is 6. The third kappa shape index (κ3) is 5.37. The van der Waals surface area contributed by atoms with Gasteiger partial charge in [0.15, 0.2) is 5.69 Å². The number of morpholine rings is 1. The minimum atomic E-state index is -4.52. The van der Waals surface area contributed by atoms with E-state index in [0.29, 0.717) is 24.7 Å². The van der Waals surface area contributed by atoms with Crippen molar-refractivity contribution in [2.24, 2.45) is 0 Å². The highest BCUT2D eigenvalue weighted by Gasteiger charge is 2.31. The summed E-state index contributed by atoms with van der Waals surface area (Å²) in [5, 5.41) is 10.0. The van der Waals surface area contributed by atoms with Gasteiger partial charge in [-0.25, -0.2) is 14.6 Å². The van der Waals surface area contributed by atoms with Crippen LogP contribution >= 0.6 is 12.4 Å². The Morgan fingerprint density at radius 3 is 2.48 bits per heavy atom. The average molecular weight is 455 g/mol. The largest absolute Gasteiger partial charge is 0.419 e. The molecule has 1 unspecified atom stereocenters. The van der Waals surface area contributed by atoms with Crippen LogP contribution in [0.4, 0.5) is 18.9 Å². The second kappa shape index (κ2) is 9.41. The number of alkyl halides is 3. The zero-order valence-electron chi connectivity index (χ0n) is 16.0. The number of benzene rings is 1. The predicted molar refractivity (Wildman–Crippen MR) is 107 cm³/mol. The molecule has 1 aromatic carbocycles. The summed E-state index contributed by atoms with van der Waals surface area (Å²) in [5.41, 5.74) is 0.688. The van der Waals surface area contributed by atoms with Crippen molar-refractivity contribution in [2.45, 2.75) is 12.3 Å². The van der Waals surface area contributed by atoms with E-state index in [1.165, 1.54) is 12.3 Å². The van der Waals surface area contributed by atoms with Crippen LogP contribution in [-0.2, 0) is 10.9 Å². The first-order valence-corrected chi connectivity index (χ1v) is 9.09. The summed E-state index contributed by atoms with van der Waals surface area (Å²) in [4.78, 5) is 19.7. The molecule has 2 aromatic heterocycles. The molecule has 2 N–H and O–H groups in total. The molecule has 1 aliphatic heterocycles. The minimum absolute atomic E-state index is 0. The van der Waals surface area contributed by atoms with Gasteiger partial charge in [0.1, 0.15) is 0 Å². The van der Waals surface area contributed by atoms with Crippen LogP contribution in [0.3, 0.4) is 0 Å². The molecule has 3 aromatic rings. The van der Waals surface area contributed by atoms with E-state index in [-0.39, 0.29) is 30.2 Å². The first-order chi connectivity index (χ1) is 14.4. The lowest BCUT2D eigenvalue weighted by Gasteiger charge is -2.24. The number of halogens is 4. The van der Waals surface area contributed by atoms with Gasteiger partial charge in [-0.1, -0.05) is 12.1 Å². The molecule has 1 aliphatic rings. The van der Waals surface area contributed by atoms with E-state index in [2.05, 4.69) is 25.7 Å². The normalized spacial score (nSPS) is 16.4. The predicted octanol–water partition coefficient (Wildman–Crippen LogP) is 3.02. The summed E-state index contributed by atoms with van der Waals surface area (Å²) >= 11 is 0. The quantitative estimate of drug-likeness (QED) is 0.629. The Labute approximate surface area is 181 Å². The molecule has 3 heterocycles. The van der Waals surface area contributed by atoms with Crippen LogP contribution in [0.25, 0.3) is 5.95 Å². The van der Waals surface area contributed by atoms with Gasteiger partial charge in [-0.2, -0.15) is 18.3 Å². The molecule has 1 amide bonds. The maximum Gasteiger partial charge on any atom is 0.419 e. The summed E-state index contributed by atoms with van der Waals surface area (Å²) in [6.45, 7) is 2.21. The van der Waals surface area contributed by atoms with Gasteiger partial charge < -0.3 is 15.4 Å². The molecular formula is C19H18ClF3N6O2. The van der Waals surface area contributed by atoms with Crippen LogP contribution in [0.2, 0.25) is 0 Å². The molecule has 164 valence electrons. The third-order valence-corrected chi connectivity index (χ3v) is 4.46. The standard InChI is InChI=1S/C19H17F3N6O2.ClH/c20-19(21,22)13-9-24-18(25-10-13)28-7-5-15(27-28)17(29)26-14-3-1-12(2-4-14)16-11-23-6-8-30-16;/h1-5,7,9-10,16,23H,6,8,11H2,(H,26,29);1H. The number of aromatic nitrogens is 4. The zero-order valence-corrected chi connectivity index (χ0v) is 16.8. The van der Waals surface area contributed by atoms with Crippen molar-refractivity contribution < 1.29 is 22.7 Å². The van der Waals surface area contributed by atoms with Gasteiger partial charge in [0.2, 0.25) is 5.95 Å². The van der Waals surface area contributed by atoms with Crippen molar-refractivity contribution in [1.29, 1.82) is 0 Å². The van der Waals surface area contributed by atoms with Gasteiger partial charge in [0.05, 0.1) is 18.3 Å². The number of hydrogen-bond donors (Lipinski definition) is 2. The Hall–Kier alpha value is -3.02. The van der Waals surface area contributed by atoms with E-state index in [1.807, 2.05) is 12.1 Å². The van der Waals surface area contributed by atoms with Crippen molar-refractivity contribution in [3.05, 3.63) is 65.7 Å². The highest BCUT2D eigenvalue weighted by Crippen LogP contribution is 2.28. The lowest BCUT2D eigenvalue weighted by Crippen LogP contribution is -2.33. The maximum atomic E-state index is 12.6. The molecule has 1 fully saturated rings. The van der Waals surface area contributed by atoms with Crippen LogP contribution in [0.15, 0.2) is 48.9 Å². The molecule has 0 spiro atoms. The van der Waals surface area contributed by atoms with Crippen LogP contribution in [-0.4, -0.2) is 45.4 Å². The molecule has 1 atom stereocenters. The fourth-order valence-corrected chi connectivity index (χ4v) is 2.90. The molecule has 0 bridgehead atoms. The number of anilines is 1. The van der Waals surface area contributed by atoms with Gasteiger partial charge in [0.25, 0.3) is 5.91 Å². The van der Waals surface area contributed by atoms with Gasteiger partial charge in [-0.05, 0) is 23.8 Å². The summed E-state index contributed by atoms with van der Waals surface area (Å²) < 4.78 is 44.6. The number of ether oxygens (including phenoxy) is 1. The summed E-state index contributed by atoms with van der Waals surface area (Å²) in [7, 11) is 0. The van der Waals surface area contributed by atoms with Crippen LogP contribution < -0.4 is 10.6 Å². The van der Waals surface area contributed by atoms with E-state index in [1.54, 1.807) is 12.1 Å². The van der Waals surface area contributed by atoms with Crippen molar-refractivity contribution >= 4 is 24.0 Å². The van der Waals surface area contributed by atoms with Crippen molar-refractivity contribution in [3.63, 3.8) is 0 Å². The number of nitrogens with one attached hydrogen (secondary N) is 2. The molecule has 4 rings (SSSR count). The second-order valence-electron chi connectivity index (χ2n) is 6.55. The number of amides is 1. The smallest absolute Gasteiger partial charge is 0.371 e. The van der Waals surface area contributed by atoms with Crippen molar-refractivity contribution in [1.82, 2.24) is 25.1 Å². The number of rotatable bonds is 4. The molecule has 8 nitrogen and oxygen atoms in total. The molecule has 0 radical (unpaired) electrons. The first kappa shape index (κ1) is 22.7. The van der Waals surface area contributed by atoms with Gasteiger partial charge in [0, 0.05) is 37.4 Å². The number of carbonyl (C=O) groups is 1. The Morgan fingerprint density at radius 2 is 1.87 bits per heavy atom. The Kier molecular flexibility index (Phi) is 6.88. The minimum Gasteiger partial charge on any atom is -0.371 e. The molecular weight excluding hydrogens is 437 g/mol. The van der Waals surface area contributed by atoms with Gasteiger partial charge in [-0.3, -0.25) is 4.79 Å². The molecule has 12 heteroatoms. The van der Waals surface area contributed by atoms with Gasteiger partial charge >= 0.3 is 6.18 Å². The zero-order chi connectivity index (χ0) is 21.1. The summed E-state index contributed by atoms with van der Waals surface area (Å²) in [6, 6.07) is 8.71. The first-order valence-electron chi connectivity index (χ1n) is 9.09. The second-order valence-corrected chi connectivity index (χ2v) is 6.55. The van der Waals surface area contributed by atoms with E-state index in [0.717, 1.165) is 23.3 Å². The molecule has 1 saturated heterocycles. The van der Waals surface area contributed by atoms with Crippen molar-refractivity contribution in [3.8, 4) is 5.95 Å². The van der Waals surface area contributed by atoms with Crippen molar-refractivity contribution in [2.75, 3.05) is 25.0 Å². The van der Waals surface area contributed by atoms with Crippen LogP contribution in [0, 0.1) is 0 Å². The monoisotopic (exact) mass is 454 g/mol. The van der Waals surface area contributed by atoms with Crippen LogP contribution in [0.1, 0.15) is 27.7 Å². The Morgan fingerprint density at radius 1 is 1.16 bits per heavy atom. The highest BCUT2D eigenvalue weighted by atomic mass is 35.5. The highest BCUT2D eigenvalue weighted by molar-refractivity contribution is 6.02. The number of nitrogens with zero attached hydrogens (tertiary/aromatic N) is 4. The number of carbonyl (C=O) groups excluding carboxylic acids is 1. The fourth-order valence-electron chi connectivity index (χ4n) is 2.90. The lowest BCUT2D eigenvalue weighted by atomic mass is 10.1. The fraction of sp³-hybridized carbons (Fsp3) is 0.263. The molecule has 0 aliphatic carbocycles. The molecule has 31 heavy (non-hydrogen) atoms. The van der Waals surface area contributed by atoms with E-state index < -0.39 is 17.6 Å².